The summed E-state index contributed by atoms with van der Waals surface area (Å²) in [7, 11) is 0. The highest BCUT2D eigenvalue weighted by Crippen LogP contribution is 2.26. The minimum Gasteiger partial charge on any atom is -0.321 e. The maximum absolute atomic E-state index is 13.1. The standard InChI is InChI=1S/C24H17N5O/c30-24(20-15-8-10-17-9-4-5-13-19(17)20)25-22-16-7-6-14-21(22)23-26-28-29(27-23)18-11-2-1-3-12-18/h1-16H,(H,25,30). The summed E-state index contributed by atoms with van der Waals surface area (Å²) in [6.45, 7) is 0. The van der Waals surface area contributed by atoms with Crippen molar-refractivity contribution in [1.82, 2.24) is 20.2 Å². The zero-order chi connectivity index (χ0) is 20.3. The van der Waals surface area contributed by atoms with E-state index in [-0.39, 0.29) is 5.91 Å². The zero-order valence-electron chi connectivity index (χ0n) is 15.9. The average molecular weight is 391 g/mol. The van der Waals surface area contributed by atoms with Crippen molar-refractivity contribution in [2.24, 2.45) is 0 Å². The first-order chi connectivity index (χ1) is 14.8. The number of carbonyl (C=O) groups excluding carboxylic acids is 1. The fraction of sp³-hybridized carbons (Fsp3) is 0. The second-order valence-electron chi connectivity index (χ2n) is 6.76. The van der Waals surface area contributed by atoms with Gasteiger partial charge in [0.25, 0.3) is 5.91 Å². The highest BCUT2D eigenvalue weighted by atomic mass is 16.1. The molecule has 0 radical (unpaired) electrons. The molecular formula is C24H17N5O. The van der Waals surface area contributed by atoms with Gasteiger partial charge in [-0.05, 0) is 46.3 Å². The van der Waals surface area contributed by atoms with Crippen LogP contribution in [0.15, 0.2) is 97.1 Å². The first-order valence-electron chi connectivity index (χ1n) is 9.53. The van der Waals surface area contributed by atoms with Crippen LogP contribution in [0.2, 0.25) is 0 Å². The summed E-state index contributed by atoms with van der Waals surface area (Å²) in [6.07, 6.45) is 0. The van der Waals surface area contributed by atoms with E-state index < -0.39 is 0 Å². The molecular weight excluding hydrogens is 374 g/mol. The number of para-hydroxylation sites is 2. The quantitative estimate of drug-likeness (QED) is 0.480. The van der Waals surface area contributed by atoms with Crippen molar-refractivity contribution in [3.8, 4) is 17.1 Å². The van der Waals surface area contributed by atoms with Gasteiger partial charge in [-0.3, -0.25) is 4.79 Å². The van der Waals surface area contributed by atoms with Gasteiger partial charge >= 0.3 is 0 Å². The van der Waals surface area contributed by atoms with Gasteiger partial charge < -0.3 is 5.32 Å². The summed E-state index contributed by atoms with van der Waals surface area (Å²) < 4.78 is 0. The first-order valence-corrected chi connectivity index (χ1v) is 9.53. The van der Waals surface area contributed by atoms with Gasteiger partial charge in [0, 0.05) is 11.1 Å². The maximum Gasteiger partial charge on any atom is 0.256 e. The van der Waals surface area contributed by atoms with Crippen molar-refractivity contribution >= 4 is 22.4 Å². The molecule has 1 amide bonds. The number of nitrogens with zero attached hydrogens (tertiary/aromatic N) is 4. The third-order valence-electron chi connectivity index (χ3n) is 4.85. The van der Waals surface area contributed by atoms with Crippen LogP contribution in [-0.4, -0.2) is 26.1 Å². The monoisotopic (exact) mass is 391 g/mol. The number of tetrazole rings is 1. The van der Waals surface area contributed by atoms with Crippen molar-refractivity contribution in [2.45, 2.75) is 0 Å². The number of carbonyl (C=O) groups is 1. The third-order valence-corrected chi connectivity index (χ3v) is 4.85. The fourth-order valence-corrected chi connectivity index (χ4v) is 3.39. The largest absolute Gasteiger partial charge is 0.321 e. The number of anilines is 1. The van der Waals surface area contributed by atoms with Gasteiger partial charge in [0.1, 0.15) is 0 Å². The van der Waals surface area contributed by atoms with Crippen LogP contribution < -0.4 is 5.32 Å². The molecule has 5 aromatic rings. The van der Waals surface area contributed by atoms with Crippen molar-refractivity contribution in [1.29, 1.82) is 0 Å². The number of hydrogen-bond donors (Lipinski definition) is 1. The van der Waals surface area contributed by atoms with E-state index in [0.717, 1.165) is 16.5 Å². The Balaban J connectivity index is 1.49. The molecule has 0 spiro atoms. The molecule has 1 heterocycles. The number of fused-ring (bicyclic) bond motifs is 1. The van der Waals surface area contributed by atoms with Crippen molar-refractivity contribution in [3.05, 3.63) is 103 Å². The molecule has 0 aliphatic rings. The normalized spacial score (nSPS) is 10.8. The van der Waals surface area contributed by atoms with Crippen molar-refractivity contribution < 1.29 is 4.79 Å². The lowest BCUT2D eigenvalue weighted by molar-refractivity contribution is 0.102. The molecule has 0 aliphatic heterocycles. The first kappa shape index (κ1) is 17.8. The van der Waals surface area contributed by atoms with E-state index in [2.05, 4.69) is 20.7 Å². The minimum atomic E-state index is -0.185. The SMILES string of the molecule is O=C(Nc1ccccc1-c1nnn(-c2ccccc2)n1)c1cccc2ccccc12. The molecule has 6 heteroatoms. The predicted octanol–water partition coefficient (Wildman–Crippen LogP) is 4.73. The van der Waals surface area contributed by atoms with Crippen LogP contribution in [0.5, 0.6) is 0 Å². The Kier molecular flexibility index (Phi) is 4.50. The second kappa shape index (κ2) is 7.60. The van der Waals surface area contributed by atoms with Gasteiger partial charge in [-0.1, -0.05) is 66.7 Å². The molecule has 6 nitrogen and oxygen atoms in total. The Morgan fingerprint density at radius 2 is 1.50 bits per heavy atom. The lowest BCUT2D eigenvalue weighted by Crippen LogP contribution is -2.13. The van der Waals surface area contributed by atoms with Crippen LogP contribution >= 0.6 is 0 Å². The molecule has 0 fully saturated rings. The van der Waals surface area contributed by atoms with Crippen LogP contribution in [-0.2, 0) is 0 Å². The van der Waals surface area contributed by atoms with Crippen molar-refractivity contribution in [2.75, 3.05) is 5.32 Å². The third kappa shape index (κ3) is 3.31. The highest BCUT2D eigenvalue weighted by Gasteiger charge is 2.15. The Hall–Kier alpha value is -4.32. The van der Waals surface area contributed by atoms with E-state index in [0.29, 0.717) is 22.6 Å². The molecule has 1 N–H and O–H groups in total. The molecule has 1 aromatic heterocycles. The predicted molar refractivity (Wildman–Crippen MR) is 116 cm³/mol. The molecule has 0 aliphatic carbocycles. The molecule has 0 bridgehead atoms. The Morgan fingerprint density at radius 3 is 2.40 bits per heavy atom. The fourth-order valence-electron chi connectivity index (χ4n) is 3.39. The summed E-state index contributed by atoms with van der Waals surface area (Å²) >= 11 is 0. The molecule has 0 atom stereocenters. The topological polar surface area (TPSA) is 72.7 Å². The molecule has 0 unspecified atom stereocenters. The molecule has 144 valence electrons. The second-order valence-corrected chi connectivity index (χ2v) is 6.76. The summed E-state index contributed by atoms with van der Waals surface area (Å²) in [5, 5.41) is 17.7. The summed E-state index contributed by atoms with van der Waals surface area (Å²) in [5.41, 5.74) is 2.76. The van der Waals surface area contributed by atoms with Crippen LogP contribution in [0.4, 0.5) is 5.69 Å². The number of nitrogens with one attached hydrogen (secondary N) is 1. The van der Waals surface area contributed by atoms with E-state index in [1.807, 2.05) is 97.1 Å². The lowest BCUT2D eigenvalue weighted by atomic mass is 10.0. The van der Waals surface area contributed by atoms with E-state index in [4.69, 9.17) is 0 Å². The van der Waals surface area contributed by atoms with Gasteiger partial charge in [-0.2, -0.15) is 0 Å². The minimum absolute atomic E-state index is 0.185. The van der Waals surface area contributed by atoms with Gasteiger partial charge in [0.05, 0.1) is 11.4 Å². The molecule has 0 saturated carbocycles. The zero-order valence-corrected chi connectivity index (χ0v) is 15.9. The van der Waals surface area contributed by atoms with Crippen LogP contribution in [0, 0.1) is 0 Å². The van der Waals surface area contributed by atoms with E-state index in [1.165, 1.54) is 4.80 Å². The maximum atomic E-state index is 13.1. The van der Waals surface area contributed by atoms with E-state index >= 15 is 0 Å². The highest BCUT2D eigenvalue weighted by molar-refractivity contribution is 6.13. The average Bonchev–Trinajstić information content (AvgIpc) is 3.30. The number of hydrogen-bond acceptors (Lipinski definition) is 4. The van der Waals surface area contributed by atoms with Crippen molar-refractivity contribution in [3.63, 3.8) is 0 Å². The Labute approximate surface area is 172 Å². The lowest BCUT2D eigenvalue weighted by Gasteiger charge is -2.10. The van der Waals surface area contributed by atoms with Gasteiger partial charge in [0.2, 0.25) is 5.82 Å². The smallest absolute Gasteiger partial charge is 0.256 e. The molecule has 30 heavy (non-hydrogen) atoms. The molecule has 5 rings (SSSR count). The number of aromatic nitrogens is 4. The van der Waals surface area contributed by atoms with Crippen LogP contribution in [0.25, 0.3) is 27.8 Å². The summed E-state index contributed by atoms with van der Waals surface area (Å²) in [6, 6.07) is 30.5. The van der Waals surface area contributed by atoms with E-state index in [1.54, 1.807) is 0 Å². The van der Waals surface area contributed by atoms with Crippen LogP contribution in [0.1, 0.15) is 10.4 Å². The van der Waals surface area contributed by atoms with Gasteiger partial charge in [-0.25, -0.2) is 0 Å². The van der Waals surface area contributed by atoms with Gasteiger partial charge in [-0.15, -0.1) is 15.0 Å². The number of benzene rings is 4. The molecule has 0 saturated heterocycles. The summed E-state index contributed by atoms with van der Waals surface area (Å²) in [5.74, 6) is 0.252. The van der Waals surface area contributed by atoms with Crippen LogP contribution in [0.3, 0.4) is 0 Å². The Bertz CT molecular complexity index is 1340. The summed E-state index contributed by atoms with van der Waals surface area (Å²) in [4.78, 5) is 14.5. The van der Waals surface area contributed by atoms with Gasteiger partial charge in [0.15, 0.2) is 0 Å². The number of rotatable bonds is 4. The molecule has 4 aromatic carbocycles. The Morgan fingerprint density at radius 1 is 0.767 bits per heavy atom. The van der Waals surface area contributed by atoms with E-state index in [9.17, 15) is 4.79 Å². The number of amides is 1.